The van der Waals surface area contributed by atoms with Gasteiger partial charge in [0.2, 0.25) is 0 Å². The Kier molecular flexibility index (Phi) is 4.23. The van der Waals surface area contributed by atoms with Crippen molar-refractivity contribution < 1.29 is 9.90 Å². The molecule has 0 atom stereocenters. The number of imidazole rings is 1. The Balaban J connectivity index is 1.97. The molecule has 0 aromatic carbocycles. The molecule has 0 amide bonds. The van der Waals surface area contributed by atoms with E-state index in [4.69, 9.17) is 10.1 Å². The highest BCUT2D eigenvalue weighted by Gasteiger charge is 2.14. The van der Waals surface area contributed by atoms with Crippen LogP contribution in [0.5, 0.6) is 0 Å². The fourth-order valence-corrected chi connectivity index (χ4v) is 2.47. The molecule has 0 spiro atoms. The SMILES string of the molecule is Cc1ccn2c(NCCCC(=O)O)c(-c3cccnc3)nc2c1. The molecule has 3 aromatic heterocycles. The van der Waals surface area contributed by atoms with E-state index in [1.54, 1.807) is 12.4 Å². The van der Waals surface area contributed by atoms with E-state index in [0.717, 1.165) is 28.3 Å². The minimum atomic E-state index is -0.784. The third kappa shape index (κ3) is 3.31. The lowest BCUT2D eigenvalue weighted by Crippen LogP contribution is -2.07. The minimum absolute atomic E-state index is 0.144. The highest BCUT2D eigenvalue weighted by atomic mass is 16.4. The van der Waals surface area contributed by atoms with E-state index in [2.05, 4.69) is 10.3 Å². The van der Waals surface area contributed by atoms with E-state index in [1.807, 2.05) is 41.8 Å². The van der Waals surface area contributed by atoms with Crippen LogP contribution in [-0.2, 0) is 4.79 Å². The summed E-state index contributed by atoms with van der Waals surface area (Å²) in [6.07, 6.45) is 6.17. The summed E-state index contributed by atoms with van der Waals surface area (Å²) >= 11 is 0. The fourth-order valence-electron chi connectivity index (χ4n) is 2.47. The van der Waals surface area contributed by atoms with Gasteiger partial charge in [0.05, 0.1) is 0 Å². The summed E-state index contributed by atoms with van der Waals surface area (Å²) in [6.45, 7) is 2.60. The Morgan fingerprint density at radius 2 is 2.26 bits per heavy atom. The van der Waals surface area contributed by atoms with Gasteiger partial charge in [-0.2, -0.15) is 0 Å². The maximum absolute atomic E-state index is 10.6. The van der Waals surface area contributed by atoms with E-state index < -0.39 is 5.97 Å². The van der Waals surface area contributed by atoms with Crippen LogP contribution < -0.4 is 5.32 Å². The Bertz CT molecular complexity index is 827. The van der Waals surface area contributed by atoms with Gasteiger partial charge in [-0.15, -0.1) is 0 Å². The normalized spacial score (nSPS) is 10.8. The number of nitrogens with one attached hydrogen (secondary N) is 1. The summed E-state index contributed by atoms with van der Waals surface area (Å²) in [7, 11) is 0. The molecule has 0 radical (unpaired) electrons. The molecule has 0 fully saturated rings. The zero-order valence-electron chi connectivity index (χ0n) is 12.9. The predicted octanol–water partition coefficient (Wildman–Crippen LogP) is 2.98. The second-order valence-corrected chi connectivity index (χ2v) is 5.41. The quantitative estimate of drug-likeness (QED) is 0.684. The number of anilines is 1. The van der Waals surface area contributed by atoms with Gasteiger partial charge in [0, 0.05) is 37.1 Å². The summed E-state index contributed by atoms with van der Waals surface area (Å²) < 4.78 is 1.98. The summed E-state index contributed by atoms with van der Waals surface area (Å²) in [5.41, 5.74) is 3.73. The van der Waals surface area contributed by atoms with Crippen molar-refractivity contribution in [3.8, 4) is 11.3 Å². The number of carboxylic acid groups (broad SMARTS) is 1. The molecule has 0 aliphatic heterocycles. The number of aromatic nitrogens is 3. The third-order valence-corrected chi connectivity index (χ3v) is 3.58. The lowest BCUT2D eigenvalue weighted by atomic mass is 10.2. The fraction of sp³-hybridized carbons (Fsp3) is 0.235. The monoisotopic (exact) mass is 310 g/mol. The van der Waals surface area contributed by atoms with Crippen molar-refractivity contribution in [3.63, 3.8) is 0 Å². The highest BCUT2D eigenvalue weighted by molar-refractivity contribution is 5.76. The molecule has 23 heavy (non-hydrogen) atoms. The lowest BCUT2D eigenvalue weighted by Gasteiger charge is -2.08. The van der Waals surface area contributed by atoms with Crippen molar-refractivity contribution in [2.75, 3.05) is 11.9 Å². The van der Waals surface area contributed by atoms with Crippen LogP contribution in [0.15, 0.2) is 42.9 Å². The Labute approximate surface area is 133 Å². The van der Waals surface area contributed by atoms with Gasteiger partial charge < -0.3 is 10.4 Å². The van der Waals surface area contributed by atoms with Gasteiger partial charge in [0.25, 0.3) is 0 Å². The molecule has 6 heteroatoms. The van der Waals surface area contributed by atoms with Gasteiger partial charge in [-0.25, -0.2) is 4.98 Å². The second kappa shape index (κ2) is 6.48. The predicted molar refractivity (Wildman–Crippen MR) is 88.5 cm³/mol. The zero-order chi connectivity index (χ0) is 16.2. The number of rotatable bonds is 6. The second-order valence-electron chi connectivity index (χ2n) is 5.41. The average molecular weight is 310 g/mol. The van der Waals surface area contributed by atoms with E-state index >= 15 is 0 Å². The summed E-state index contributed by atoms with van der Waals surface area (Å²) in [5.74, 6) is 0.0754. The standard InChI is InChI=1S/C17H18N4O2/c1-12-6-9-21-14(10-12)20-16(13-4-2-7-18-11-13)17(21)19-8-3-5-15(22)23/h2,4,6-7,9-11,19H,3,5,8H2,1H3,(H,22,23). The van der Waals surface area contributed by atoms with Crippen LogP contribution in [0.1, 0.15) is 18.4 Å². The Morgan fingerprint density at radius 3 is 3.00 bits per heavy atom. The van der Waals surface area contributed by atoms with Gasteiger partial charge >= 0.3 is 5.97 Å². The molecule has 118 valence electrons. The van der Waals surface area contributed by atoms with Crippen LogP contribution in [0.2, 0.25) is 0 Å². The van der Waals surface area contributed by atoms with Crippen LogP contribution in [0.25, 0.3) is 16.9 Å². The van der Waals surface area contributed by atoms with E-state index in [-0.39, 0.29) is 6.42 Å². The maximum atomic E-state index is 10.6. The molecule has 0 saturated heterocycles. The lowest BCUT2D eigenvalue weighted by molar-refractivity contribution is -0.137. The topological polar surface area (TPSA) is 79.5 Å². The number of carbonyl (C=O) groups is 1. The van der Waals surface area contributed by atoms with Crippen LogP contribution in [0, 0.1) is 6.92 Å². The summed E-state index contributed by atoms with van der Waals surface area (Å²) in [4.78, 5) is 19.5. The molecular weight excluding hydrogens is 292 g/mol. The van der Waals surface area contributed by atoms with Gasteiger partial charge in [-0.05, 0) is 43.2 Å². The van der Waals surface area contributed by atoms with Gasteiger partial charge in [-0.1, -0.05) is 0 Å². The molecule has 3 aromatic rings. The van der Waals surface area contributed by atoms with Gasteiger partial charge in [0.1, 0.15) is 17.2 Å². The zero-order valence-corrected chi connectivity index (χ0v) is 12.9. The molecule has 0 unspecified atom stereocenters. The van der Waals surface area contributed by atoms with Crippen molar-refractivity contribution >= 4 is 17.4 Å². The molecule has 0 aliphatic rings. The van der Waals surface area contributed by atoms with Crippen LogP contribution in [-0.4, -0.2) is 32.0 Å². The molecule has 0 bridgehead atoms. The number of carboxylic acids is 1. The molecule has 0 saturated carbocycles. The van der Waals surface area contributed by atoms with E-state index in [1.165, 1.54) is 0 Å². The minimum Gasteiger partial charge on any atom is -0.481 e. The number of aliphatic carboxylic acids is 1. The Morgan fingerprint density at radius 1 is 1.39 bits per heavy atom. The van der Waals surface area contributed by atoms with E-state index in [9.17, 15) is 4.79 Å². The first-order chi connectivity index (χ1) is 11.1. The molecule has 3 rings (SSSR count). The first kappa shape index (κ1) is 15.0. The average Bonchev–Trinajstić information content (AvgIpc) is 2.90. The maximum Gasteiger partial charge on any atom is 0.303 e. The number of nitrogens with zero attached hydrogens (tertiary/aromatic N) is 3. The molecular formula is C17H18N4O2. The molecule has 2 N–H and O–H groups in total. The van der Waals surface area contributed by atoms with Crippen molar-refractivity contribution in [2.45, 2.75) is 19.8 Å². The van der Waals surface area contributed by atoms with Crippen LogP contribution >= 0.6 is 0 Å². The number of pyridine rings is 2. The van der Waals surface area contributed by atoms with Crippen molar-refractivity contribution in [2.24, 2.45) is 0 Å². The smallest absolute Gasteiger partial charge is 0.303 e. The van der Waals surface area contributed by atoms with Crippen LogP contribution in [0.3, 0.4) is 0 Å². The first-order valence-corrected chi connectivity index (χ1v) is 7.50. The van der Waals surface area contributed by atoms with Crippen LogP contribution in [0.4, 0.5) is 5.82 Å². The summed E-state index contributed by atoms with van der Waals surface area (Å²) in [5, 5.41) is 12.1. The number of hydrogen-bond donors (Lipinski definition) is 2. The third-order valence-electron chi connectivity index (χ3n) is 3.58. The van der Waals surface area contributed by atoms with Crippen molar-refractivity contribution in [1.29, 1.82) is 0 Å². The highest BCUT2D eigenvalue weighted by Crippen LogP contribution is 2.28. The molecule has 6 nitrogen and oxygen atoms in total. The van der Waals surface area contributed by atoms with E-state index in [0.29, 0.717) is 13.0 Å². The molecule has 3 heterocycles. The van der Waals surface area contributed by atoms with Crippen molar-refractivity contribution in [3.05, 3.63) is 48.4 Å². The summed E-state index contributed by atoms with van der Waals surface area (Å²) in [6, 6.07) is 7.87. The molecule has 0 aliphatic carbocycles. The van der Waals surface area contributed by atoms with Crippen molar-refractivity contribution in [1.82, 2.24) is 14.4 Å². The van der Waals surface area contributed by atoms with Gasteiger partial charge in [-0.3, -0.25) is 14.2 Å². The largest absolute Gasteiger partial charge is 0.481 e. The Hall–Kier alpha value is -2.89. The van der Waals surface area contributed by atoms with Gasteiger partial charge in [0.15, 0.2) is 0 Å². The number of hydrogen-bond acceptors (Lipinski definition) is 4. The first-order valence-electron chi connectivity index (χ1n) is 7.50. The number of aryl methyl sites for hydroxylation is 1. The number of fused-ring (bicyclic) bond motifs is 1.